The molecular formula is C39H65NO4. The average Bonchev–Trinajstić information content (AvgIpc) is 3.02. The zero-order valence-electron chi connectivity index (χ0n) is 28.0. The van der Waals surface area contributed by atoms with Gasteiger partial charge in [-0.1, -0.05) is 157 Å². The van der Waals surface area contributed by atoms with Crippen molar-refractivity contribution in [2.75, 3.05) is 6.61 Å². The summed E-state index contributed by atoms with van der Waals surface area (Å²) in [7, 11) is 0. The van der Waals surface area contributed by atoms with E-state index in [4.69, 9.17) is 0 Å². The van der Waals surface area contributed by atoms with Crippen LogP contribution < -0.4 is 5.32 Å². The fourth-order valence-corrected chi connectivity index (χ4v) is 4.52. The number of hydrogen-bond acceptors (Lipinski definition) is 4. The Morgan fingerprint density at radius 2 is 1.16 bits per heavy atom. The van der Waals surface area contributed by atoms with Crippen LogP contribution in [0.15, 0.2) is 85.1 Å². The van der Waals surface area contributed by atoms with E-state index in [1.165, 1.54) is 57.8 Å². The van der Waals surface area contributed by atoms with Crippen molar-refractivity contribution in [3.63, 3.8) is 0 Å². The SMILES string of the molecule is CC/C=C\C/C=C\C/C=C\C/C=C\C/C=C\C=C/C(O)CCC(=O)N[C@@H](CO)[C@H](O)/C=C/CCCCCCCCCCCC. The first kappa shape index (κ1) is 41.5. The Labute approximate surface area is 270 Å². The van der Waals surface area contributed by atoms with E-state index in [0.717, 1.165) is 44.9 Å². The van der Waals surface area contributed by atoms with E-state index in [1.807, 2.05) is 18.2 Å². The van der Waals surface area contributed by atoms with Crippen LogP contribution in [-0.2, 0) is 4.79 Å². The third-order valence-corrected chi connectivity index (χ3v) is 7.25. The molecule has 4 N–H and O–H groups in total. The van der Waals surface area contributed by atoms with E-state index in [9.17, 15) is 20.1 Å². The predicted molar refractivity (Wildman–Crippen MR) is 189 cm³/mol. The second kappa shape index (κ2) is 33.4. The number of hydrogen-bond donors (Lipinski definition) is 4. The van der Waals surface area contributed by atoms with Crippen LogP contribution in [0.2, 0.25) is 0 Å². The molecule has 0 heterocycles. The Bertz CT molecular complexity index is 852. The van der Waals surface area contributed by atoms with Crippen LogP contribution in [-0.4, -0.2) is 46.1 Å². The van der Waals surface area contributed by atoms with Crippen LogP contribution in [0.5, 0.6) is 0 Å². The molecule has 0 aromatic rings. The molecule has 0 aromatic carbocycles. The smallest absolute Gasteiger partial charge is 0.220 e. The van der Waals surface area contributed by atoms with E-state index in [1.54, 1.807) is 18.2 Å². The highest BCUT2D eigenvalue weighted by atomic mass is 16.3. The Kier molecular flexibility index (Phi) is 31.5. The lowest BCUT2D eigenvalue weighted by Crippen LogP contribution is -2.45. The first-order chi connectivity index (χ1) is 21.5. The molecule has 0 aliphatic carbocycles. The van der Waals surface area contributed by atoms with Gasteiger partial charge < -0.3 is 20.6 Å². The molecule has 0 aliphatic rings. The number of unbranched alkanes of at least 4 members (excludes halogenated alkanes) is 10. The van der Waals surface area contributed by atoms with Gasteiger partial charge in [0.2, 0.25) is 5.91 Å². The van der Waals surface area contributed by atoms with Crippen molar-refractivity contribution in [2.45, 2.75) is 148 Å². The van der Waals surface area contributed by atoms with Crippen LogP contribution >= 0.6 is 0 Å². The highest BCUT2D eigenvalue weighted by Gasteiger charge is 2.18. The summed E-state index contributed by atoms with van der Waals surface area (Å²) in [6.07, 6.45) is 45.5. The maximum Gasteiger partial charge on any atom is 0.220 e. The van der Waals surface area contributed by atoms with Crippen molar-refractivity contribution >= 4 is 5.91 Å². The van der Waals surface area contributed by atoms with Gasteiger partial charge in [0.05, 0.1) is 24.9 Å². The molecule has 5 heteroatoms. The summed E-state index contributed by atoms with van der Waals surface area (Å²) in [6, 6.07) is -0.750. The molecule has 3 atom stereocenters. The number of rotatable bonds is 29. The van der Waals surface area contributed by atoms with Crippen LogP contribution in [0.3, 0.4) is 0 Å². The minimum Gasteiger partial charge on any atom is -0.394 e. The molecule has 0 radical (unpaired) electrons. The van der Waals surface area contributed by atoms with E-state index in [2.05, 4.69) is 67.8 Å². The van der Waals surface area contributed by atoms with Gasteiger partial charge in [0.25, 0.3) is 0 Å². The lowest BCUT2D eigenvalue weighted by molar-refractivity contribution is -0.123. The molecule has 0 rings (SSSR count). The van der Waals surface area contributed by atoms with Crippen molar-refractivity contribution in [1.29, 1.82) is 0 Å². The summed E-state index contributed by atoms with van der Waals surface area (Å²) < 4.78 is 0. The number of aliphatic hydroxyl groups is 3. The summed E-state index contributed by atoms with van der Waals surface area (Å²) in [4.78, 5) is 12.3. The highest BCUT2D eigenvalue weighted by molar-refractivity contribution is 5.76. The Morgan fingerprint density at radius 1 is 0.636 bits per heavy atom. The van der Waals surface area contributed by atoms with Gasteiger partial charge in [0, 0.05) is 6.42 Å². The van der Waals surface area contributed by atoms with Crippen LogP contribution in [0.25, 0.3) is 0 Å². The number of allylic oxidation sites excluding steroid dienone is 12. The van der Waals surface area contributed by atoms with Gasteiger partial charge >= 0.3 is 0 Å². The molecular weight excluding hydrogens is 546 g/mol. The Balaban J connectivity index is 3.99. The maximum absolute atomic E-state index is 12.3. The first-order valence-electron chi connectivity index (χ1n) is 17.4. The zero-order valence-corrected chi connectivity index (χ0v) is 28.0. The van der Waals surface area contributed by atoms with Gasteiger partial charge in [-0.2, -0.15) is 0 Å². The van der Waals surface area contributed by atoms with Gasteiger partial charge in [-0.15, -0.1) is 0 Å². The Hall–Kier alpha value is -2.47. The molecule has 250 valence electrons. The summed E-state index contributed by atoms with van der Waals surface area (Å²) in [5.74, 6) is -0.298. The monoisotopic (exact) mass is 611 g/mol. The first-order valence-corrected chi connectivity index (χ1v) is 17.4. The number of carbonyl (C=O) groups excluding carboxylic acids is 1. The van der Waals surface area contributed by atoms with Gasteiger partial charge in [-0.25, -0.2) is 0 Å². The van der Waals surface area contributed by atoms with Crippen LogP contribution in [0.4, 0.5) is 0 Å². The second-order valence-electron chi connectivity index (χ2n) is 11.4. The molecule has 0 aromatic heterocycles. The van der Waals surface area contributed by atoms with Gasteiger partial charge in [0.15, 0.2) is 0 Å². The molecule has 0 fully saturated rings. The molecule has 1 unspecified atom stereocenters. The van der Waals surface area contributed by atoms with E-state index >= 15 is 0 Å². The number of nitrogens with one attached hydrogen (secondary N) is 1. The highest BCUT2D eigenvalue weighted by Crippen LogP contribution is 2.12. The normalized spacial score (nSPS) is 14.9. The van der Waals surface area contributed by atoms with E-state index in [0.29, 0.717) is 0 Å². The summed E-state index contributed by atoms with van der Waals surface area (Å²) in [5, 5.41) is 32.8. The molecule has 0 saturated heterocycles. The molecule has 0 saturated carbocycles. The summed E-state index contributed by atoms with van der Waals surface area (Å²) in [6.45, 7) is 4.04. The zero-order chi connectivity index (χ0) is 32.4. The predicted octanol–water partition coefficient (Wildman–Crippen LogP) is 9.14. The molecule has 5 nitrogen and oxygen atoms in total. The van der Waals surface area contributed by atoms with Crippen molar-refractivity contribution in [3.8, 4) is 0 Å². The maximum atomic E-state index is 12.3. The van der Waals surface area contributed by atoms with Crippen LogP contribution in [0, 0.1) is 0 Å². The van der Waals surface area contributed by atoms with Gasteiger partial charge in [-0.3, -0.25) is 4.79 Å². The second-order valence-corrected chi connectivity index (χ2v) is 11.4. The molecule has 1 amide bonds. The number of amides is 1. The third kappa shape index (κ3) is 29.6. The van der Waals surface area contributed by atoms with Crippen LogP contribution in [0.1, 0.15) is 129 Å². The average molecular weight is 612 g/mol. The van der Waals surface area contributed by atoms with Gasteiger partial charge in [-0.05, 0) is 51.4 Å². The molecule has 0 bridgehead atoms. The number of carbonyl (C=O) groups is 1. The fourth-order valence-electron chi connectivity index (χ4n) is 4.52. The largest absolute Gasteiger partial charge is 0.394 e. The lowest BCUT2D eigenvalue weighted by atomic mass is 10.1. The van der Waals surface area contributed by atoms with Crippen molar-refractivity contribution in [1.82, 2.24) is 5.32 Å². The summed E-state index contributed by atoms with van der Waals surface area (Å²) in [5.41, 5.74) is 0. The van der Waals surface area contributed by atoms with Crippen molar-refractivity contribution in [2.24, 2.45) is 0 Å². The van der Waals surface area contributed by atoms with E-state index in [-0.39, 0.29) is 25.4 Å². The summed E-state index contributed by atoms with van der Waals surface area (Å²) >= 11 is 0. The topological polar surface area (TPSA) is 89.8 Å². The van der Waals surface area contributed by atoms with Crippen molar-refractivity contribution < 1.29 is 20.1 Å². The molecule has 0 spiro atoms. The van der Waals surface area contributed by atoms with Gasteiger partial charge in [0.1, 0.15) is 0 Å². The quantitative estimate of drug-likeness (QED) is 0.0386. The fraction of sp³-hybridized carbons (Fsp3) is 0.615. The minimum atomic E-state index is -0.938. The van der Waals surface area contributed by atoms with E-state index < -0.39 is 18.2 Å². The Morgan fingerprint density at radius 3 is 1.70 bits per heavy atom. The third-order valence-electron chi connectivity index (χ3n) is 7.25. The van der Waals surface area contributed by atoms with Crippen molar-refractivity contribution in [3.05, 3.63) is 85.1 Å². The number of aliphatic hydroxyl groups excluding tert-OH is 3. The molecule has 0 aliphatic heterocycles. The standard InChI is InChI=1S/C39H65NO4/c1-3-5-7-9-11-13-15-17-18-19-20-21-23-25-27-29-31-36(42)33-34-39(44)40-37(35-41)38(43)32-30-28-26-24-22-16-14-12-10-8-6-4-2/h5,7,11,13,17-18,20-21,25,27,29-32,36-38,41-43H,3-4,6,8-10,12,14-16,19,22-24,26,28,33-35H2,1-2H3,(H,40,44)/b7-5-,13-11-,18-17-,21-20-,27-25-,31-29-,32-30+/t36?,37-,38+/m0/s1. The molecule has 44 heavy (non-hydrogen) atoms. The lowest BCUT2D eigenvalue weighted by Gasteiger charge is -2.20. The minimum absolute atomic E-state index is 0.114.